The van der Waals surface area contributed by atoms with Gasteiger partial charge in [-0.1, -0.05) is 60.7 Å². The van der Waals surface area contributed by atoms with Gasteiger partial charge in [0, 0.05) is 18.6 Å². The molecule has 0 radical (unpaired) electrons. The standard InChI is InChI=1S/C29H32N2O4S.ClH/c1-21(27-13-8-11-22-9-4-6-12-28(22)27)30-20-24(19-23-10-5-7-14-29(23)35-3)31-36(32,33)26-17-15-25(34-2)16-18-26;/h4-18,21,24,30-31H,19-20H2,1-3H3;1H. The molecule has 0 amide bonds. The molecule has 6 nitrogen and oxygen atoms in total. The molecule has 37 heavy (non-hydrogen) atoms. The maximum Gasteiger partial charge on any atom is 0.240 e. The van der Waals surface area contributed by atoms with Crippen molar-refractivity contribution in [2.24, 2.45) is 0 Å². The third-order valence-electron chi connectivity index (χ3n) is 6.31. The summed E-state index contributed by atoms with van der Waals surface area (Å²) in [5.41, 5.74) is 2.10. The van der Waals surface area contributed by atoms with E-state index in [1.165, 1.54) is 16.3 Å². The van der Waals surface area contributed by atoms with E-state index in [-0.39, 0.29) is 23.3 Å². The molecule has 2 N–H and O–H groups in total. The van der Waals surface area contributed by atoms with Crippen LogP contribution in [0.4, 0.5) is 0 Å². The Hall–Kier alpha value is -3.10. The van der Waals surface area contributed by atoms with Gasteiger partial charge < -0.3 is 14.8 Å². The fourth-order valence-electron chi connectivity index (χ4n) is 4.39. The molecule has 4 aromatic carbocycles. The van der Waals surface area contributed by atoms with Crippen LogP contribution in [0.1, 0.15) is 24.1 Å². The fraction of sp³-hybridized carbons (Fsp3) is 0.241. The Labute approximate surface area is 225 Å². The van der Waals surface area contributed by atoms with Crippen LogP contribution in [-0.2, 0) is 16.4 Å². The maximum absolute atomic E-state index is 13.3. The molecule has 0 bridgehead atoms. The van der Waals surface area contributed by atoms with E-state index in [1.807, 2.05) is 36.4 Å². The molecule has 0 heterocycles. The smallest absolute Gasteiger partial charge is 0.240 e. The van der Waals surface area contributed by atoms with Gasteiger partial charge in [-0.05, 0) is 65.6 Å². The number of para-hydroxylation sites is 1. The summed E-state index contributed by atoms with van der Waals surface area (Å²) in [5, 5.41) is 5.91. The number of ether oxygens (including phenoxy) is 2. The molecule has 196 valence electrons. The van der Waals surface area contributed by atoms with Gasteiger partial charge in [-0.15, -0.1) is 12.4 Å². The van der Waals surface area contributed by atoms with E-state index in [9.17, 15) is 8.42 Å². The number of rotatable bonds is 11. The monoisotopic (exact) mass is 540 g/mol. The molecule has 0 aliphatic rings. The summed E-state index contributed by atoms with van der Waals surface area (Å²) in [6.45, 7) is 2.53. The second kappa shape index (κ2) is 12.9. The Kier molecular flexibility index (Phi) is 9.94. The zero-order chi connectivity index (χ0) is 25.5. The molecule has 0 saturated carbocycles. The van der Waals surface area contributed by atoms with Gasteiger partial charge in [0.25, 0.3) is 0 Å². The van der Waals surface area contributed by atoms with Crippen molar-refractivity contribution in [3.8, 4) is 11.5 Å². The van der Waals surface area contributed by atoms with E-state index >= 15 is 0 Å². The lowest BCUT2D eigenvalue weighted by atomic mass is 9.99. The van der Waals surface area contributed by atoms with Crippen LogP contribution in [0.25, 0.3) is 10.8 Å². The minimum Gasteiger partial charge on any atom is -0.497 e. The highest BCUT2D eigenvalue weighted by Crippen LogP contribution is 2.25. The van der Waals surface area contributed by atoms with Crippen LogP contribution in [0.3, 0.4) is 0 Å². The zero-order valence-corrected chi connectivity index (χ0v) is 22.8. The van der Waals surface area contributed by atoms with Gasteiger partial charge in [0.2, 0.25) is 10.0 Å². The SMILES string of the molecule is COc1ccc(S(=O)(=O)NC(CNC(C)c2cccc3ccccc23)Cc2ccccc2OC)cc1.Cl. The molecule has 0 aliphatic carbocycles. The van der Waals surface area contributed by atoms with Crippen molar-refractivity contribution < 1.29 is 17.9 Å². The third kappa shape index (κ3) is 7.02. The normalized spacial score (nSPS) is 12.9. The lowest BCUT2D eigenvalue weighted by molar-refractivity contribution is 0.404. The maximum atomic E-state index is 13.3. The van der Waals surface area contributed by atoms with Crippen molar-refractivity contribution in [2.75, 3.05) is 20.8 Å². The molecule has 0 aliphatic heterocycles. The predicted molar refractivity (Wildman–Crippen MR) is 151 cm³/mol. The van der Waals surface area contributed by atoms with Crippen LogP contribution in [0.2, 0.25) is 0 Å². The van der Waals surface area contributed by atoms with Crippen LogP contribution in [0.5, 0.6) is 11.5 Å². The van der Waals surface area contributed by atoms with Crippen molar-refractivity contribution in [3.63, 3.8) is 0 Å². The largest absolute Gasteiger partial charge is 0.497 e. The predicted octanol–water partition coefficient (Wildman–Crippen LogP) is 5.52. The highest BCUT2D eigenvalue weighted by atomic mass is 35.5. The van der Waals surface area contributed by atoms with Gasteiger partial charge in [0.15, 0.2) is 0 Å². The molecule has 0 fully saturated rings. The minimum absolute atomic E-state index is 0. The lowest BCUT2D eigenvalue weighted by Gasteiger charge is -2.24. The number of sulfonamides is 1. The van der Waals surface area contributed by atoms with E-state index < -0.39 is 16.1 Å². The number of hydrogen-bond acceptors (Lipinski definition) is 5. The molecule has 8 heteroatoms. The van der Waals surface area contributed by atoms with Crippen LogP contribution < -0.4 is 19.5 Å². The van der Waals surface area contributed by atoms with E-state index in [0.717, 1.165) is 11.3 Å². The van der Waals surface area contributed by atoms with Crippen LogP contribution in [-0.4, -0.2) is 35.2 Å². The zero-order valence-electron chi connectivity index (χ0n) is 21.2. The minimum atomic E-state index is -3.76. The summed E-state index contributed by atoms with van der Waals surface area (Å²) < 4.78 is 40.1. The van der Waals surface area contributed by atoms with Gasteiger partial charge in [0.05, 0.1) is 19.1 Å². The second-order valence-corrected chi connectivity index (χ2v) is 10.4. The van der Waals surface area contributed by atoms with Crippen molar-refractivity contribution in [3.05, 3.63) is 102 Å². The average Bonchev–Trinajstić information content (AvgIpc) is 2.91. The Morgan fingerprint density at radius 3 is 2.22 bits per heavy atom. The summed E-state index contributed by atoms with van der Waals surface area (Å²) >= 11 is 0. The Morgan fingerprint density at radius 2 is 1.49 bits per heavy atom. The quantitative estimate of drug-likeness (QED) is 0.262. The Bertz CT molecular complexity index is 1410. The first-order valence-electron chi connectivity index (χ1n) is 11.9. The topological polar surface area (TPSA) is 76.7 Å². The van der Waals surface area contributed by atoms with Crippen LogP contribution >= 0.6 is 12.4 Å². The van der Waals surface area contributed by atoms with E-state index in [4.69, 9.17) is 9.47 Å². The Balaban J connectivity index is 0.00000380. The molecule has 0 spiro atoms. The number of benzene rings is 4. The first-order chi connectivity index (χ1) is 17.4. The molecule has 4 aromatic rings. The summed E-state index contributed by atoms with van der Waals surface area (Å²) in [5.74, 6) is 1.33. The molecule has 0 saturated heterocycles. The van der Waals surface area contributed by atoms with E-state index in [0.29, 0.717) is 18.7 Å². The number of methoxy groups -OCH3 is 2. The van der Waals surface area contributed by atoms with Crippen molar-refractivity contribution >= 4 is 33.2 Å². The van der Waals surface area contributed by atoms with Crippen molar-refractivity contribution in [1.82, 2.24) is 10.0 Å². The Morgan fingerprint density at radius 1 is 0.811 bits per heavy atom. The molecule has 0 aromatic heterocycles. The molecule has 2 atom stereocenters. The summed E-state index contributed by atoms with van der Waals surface area (Å²) in [6, 6.07) is 28.2. The summed E-state index contributed by atoms with van der Waals surface area (Å²) in [7, 11) is -0.587. The van der Waals surface area contributed by atoms with E-state index in [1.54, 1.807) is 38.5 Å². The summed E-state index contributed by atoms with van der Waals surface area (Å²) in [6.07, 6.45) is 0.467. The van der Waals surface area contributed by atoms with Gasteiger partial charge in [-0.2, -0.15) is 0 Å². The first-order valence-corrected chi connectivity index (χ1v) is 13.4. The van der Waals surface area contributed by atoms with Crippen molar-refractivity contribution in [1.29, 1.82) is 0 Å². The highest BCUT2D eigenvalue weighted by molar-refractivity contribution is 7.89. The van der Waals surface area contributed by atoms with Gasteiger partial charge in [-0.3, -0.25) is 0 Å². The summed E-state index contributed by atoms with van der Waals surface area (Å²) in [4.78, 5) is 0.190. The van der Waals surface area contributed by atoms with Crippen molar-refractivity contribution in [2.45, 2.75) is 30.3 Å². The van der Waals surface area contributed by atoms with Crippen LogP contribution in [0.15, 0.2) is 95.9 Å². The lowest BCUT2D eigenvalue weighted by Crippen LogP contribution is -2.44. The van der Waals surface area contributed by atoms with Gasteiger partial charge in [0.1, 0.15) is 11.5 Å². The van der Waals surface area contributed by atoms with Gasteiger partial charge >= 0.3 is 0 Å². The second-order valence-electron chi connectivity index (χ2n) is 8.71. The number of nitrogens with one attached hydrogen (secondary N) is 2. The third-order valence-corrected chi connectivity index (χ3v) is 7.85. The highest BCUT2D eigenvalue weighted by Gasteiger charge is 2.22. The number of hydrogen-bond donors (Lipinski definition) is 2. The molecule has 4 rings (SSSR count). The van der Waals surface area contributed by atoms with Gasteiger partial charge in [-0.25, -0.2) is 13.1 Å². The van der Waals surface area contributed by atoms with E-state index in [2.05, 4.69) is 47.3 Å². The first kappa shape index (κ1) is 28.5. The average molecular weight is 541 g/mol. The fourth-order valence-corrected chi connectivity index (χ4v) is 5.63. The number of halogens is 1. The van der Waals surface area contributed by atoms with Crippen LogP contribution in [0, 0.1) is 0 Å². The molecule has 2 unspecified atom stereocenters. The molecular formula is C29H33ClN2O4S. The molecular weight excluding hydrogens is 508 g/mol. The number of fused-ring (bicyclic) bond motifs is 1.